The standard InChI is InChI=1S/C17H18N2O3S/c20-17(19-12-13-5-7-18-8-6-13)11-14-3-4-16-15(10-14)2-1-9-23(16,21)22/h3-8,10H,1-2,9,11-12H2,(H,19,20). The van der Waals surface area contributed by atoms with E-state index in [-0.39, 0.29) is 18.1 Å². The Hall–Kier alpha value is -2.21. The van der Waals surface area contributed by atoms with Gasteiger partial charge >= 0.3 is 0 Å². The predicted octanol–water partition coefficient (Wildman–Crippen LogP) is 1.66. The molecule has 0 fully saturated rings. The van der Waals surface area contributed by atoms with Crippen LogP contribution in [0.25, 0.3) is 0 Å². The van der Waals surface area contributed by atoms with Gasteiger partial charge in [-0.1, -0.05) is 12.1 Å². The summed E-state index contributed by atoms with van der Waals surface area (Å²) < 4.78 is 24.0. The number of sulfone groups is 1. The molecule has 0 bridgehead atoms. The third kappa shape index (κ3) is 3.76. The molecule has 1 aliphatic rings. The van der Waals surface area contributed by atoms with E-state index in [1.54, 1.807) is 24.5 Å². The summed E-state index contributed by atoms with van der Waals surface area (Å²) >= 11 is 0. The van der Waals surface area contributed by atoms with Crippen LogP contribution in [0.4, 0.5) is 0 Å². The SMILES string of the molecule is O=C(Cc1ccc2c(c1)CCCS2(=O)=O)NCc1ccncc1. The molecular weight excluding hydrogens is 312 g/mol. The maximum atomic E-state index is 12.0. The first-order valence-electron chi connectivity index (χ1n) is 7.55. The van der Waals surface area contributed by atoms with Crippen LogP contribution in [0.5, 0.6) is 0 Å². The minimum Gasteiger partial charge on any atom is -0.352 e. The number of rotatable bonds is 4. The van der Waals surface area contributed by atoms with Gasteiger partial charge in [-0.05, 0) is 47.7 Å². The van der Waals surface area contributed by atoms with Crippen molar-refractivity contribution in [3.8, 4) is 0 Å². The summed E-state index contributed by atoms with van der Waals surface area (Å²) in [6.45, 7) is 0.459. The highest BCUT2D eigenvalue weighted by Crippen LogP contribution is 2.26. The Morgan fingerprint density at radius 2 is 1.91 bits per heavy atom. The number of amides is 1. The lowest BCUT2D eigenvalue weighted by molar-refractivity contribution is -0.120. The van der Waals surface area contributed by atoms with Crippen LogP contribution in [0.1, 0.15) is 23.1 Å². The van der Waals surface area contributed by atoms with E-state index < -0.39 is 9.84 Å². The number of pyridine rings is 1. The first-order chi connectivity index (χ1) is 11.0. The van der Waals surface area contributed by atoms with Gasteiger partial charge in [0.1, 0.15) is 0 Å². The Bertz CT molecular complexity index is 817. The minimum atomic E-state index is -3.14. The molecule has 23 heavy (non-hydrogen) atoms. The number of hydrogen-bond donors (Lipinski definition) is 1. The van der Waals surface area contributed by atoms with Gasteiger partial charge in [0.2, 0.25) is 5.91 Å². The first kappa shape index (κ1) is 15.7. The van der Waals surface area contributed by atoms with E-state index in [0.717, 1.165) is 23.1 Å². The van der Waals surface area contributed by atoms with Crippen molar-refractivity contribution in [2.45, 2.75) is 30.7 Å². The Morgan fingerprint density at radius 1 is 1.13 bits per heavy atom. The third-order valence-electron chi connectivity index (χ3n) is 3.92. The van der Waals surface area contributed by atoms with E-state index in [1.165, 1.54) is 0 Å². The summed E-state index contributed by atoms with van der Waals surface area (Å²) in [6, 6.07) is 8.91. The third-order valence-corrected chi connectivity index (χ3v) is 5.82. The van der Waals surface area contributed by atoms with Gasteiger partial charge < -0.3 is 5.32 Å². The molecule has 0 aliphatic carbocycles. The molecule has 1 aromatic heterocycles. The summed E-state index contributed by atoms with van der Waals surface area (Å²) in [7, 11) is -3.14. The van der Waals surface area contributed by atoms with Crippen LogP contribution in [0.2, 0.25) is 0 Å². The second-order valence-electron chi connectivity index (χ2n) is 5.67. The molecule has 0 unspecified atom stereocenters. The van der Waals surface area contributed by atoms with E-state index in [2.05, 4.69) is 10.3 Å². The van der Waals surface area contributed by atoms with E-state index in [1.807, 2.05) is 18.2 Å². The van der Waals surface area contributed by atoms with Gasteiger partial charge in [0.15, 0.2) is 9.84 Å². The largest absolute Gasteiger partial charge is 0.352 e. The molecule has 0 spiro atoms. The van der Waals surface area contributed by atoms with Crippen molar-refractivity contribution in [1.29, 1.82) is 0 Å². The van der Waals surface area contributed by atoms with Gasteiger partial charge in [0.05, 0.1) is 17.1 Å². The molecule has 1 N–H and O–H groups in total. The average molecular weight is 330 g/mol. The molecule has 2 aromatic rings. The smallest absolute Gasteiger partial charge is 0.224 e. The number of nitrogens with one attached hydrogen (secondary N) is 1. The van der Waals surface area contributed by atoms with Gasteiger partial charge in [0, 0.05) is 18.9 Å². The summed E-state index contributed by atoms with van der Waals surface area (Å²) in [5, 5.41) is 2.86. The lowest BCUT2D eigenvalue weighted by Crippen LogP contribution is -2.25. The molecule has 6 heteroatoms. The highest BCUT2D eigenvalue weighted by Gasteiger charge is 2.23. The van der Waals surface area contributed by atoms with E-state index in [0.29, 0.717) is 17.9 Å². The van der Waals surface area contributed by atoms with E-state index in [4.69, 9.17) is 0 Å². The van der Waals surface area contributed by atoms with Crippen molar-refractivity contribution in [1.82, 2.24) is 10.3 Å². The summed E-state index contributed by atoms with van der Waals surface area (Å²) in [6.07, 6.45) is 5.02. The van der Waals surface area contributed by atoms with E-state index >= 15 is 0 Å². The molecule has 0 saturated carbocycles. The zero-order valence-electron chi connectivity index (χ0n) is 12.7. The number of aromatic nitrogens is 1. The molecule has 1 aromatic carbocycles. The van der Waals surface area contributed by atoms with Crippen LogP contribution in [-0.4, -0.2) is 25.1 Å². The van der Waals surface area contributed by atoms with Crippen LogP contribution < -0.4 is 5.32 Å². The van der Waals surface area contributed by atoms with Gasteiger partial charge in [-0.25, -0.2) is 8.42 Å². The van der Waals surface area contributed by atoms with Crippen LogP contribution in [0.15, 0.2) is 47.6 Å². The molecular formula is C17H18N2O3S. The molecule has 0 saturated heterocycles. The van der Waals surface area contributed by atoms with E-state index in [9.17, 15) is 13.2 Å². The van der Waals surface area contributed by atoms with Gasteiger partial charge in [-0.15, -0.1) is 0 Å². The zero-order valence-corrected chi connectivity index (χ0v) is 13.5. The number of carbonyl (C=O) groups excluding carboxylic acids is 1. The fourth-order valence-corrected chi connectivity index (χ4v) is 4.33. The first-order valence-corrected chi connectivity index (χ1v) is 9.20. The zero-order chi connectivity index (χ0) is 16.3. The molecule has 120 valence electrons. The molecule has 5 nitrogen and oxygen atoms in total. The van der Waals surface area contributed by atoms with Crippen molar-refractivity contribution in [3.05, 3.63) is 59.4 Å². The monoisotopic (exact) mass is 330 g/mol. The lowest BCUT2D eigenvalue weighted by atomic mass is 10.0. The molecule has 0 radical (unpaired) electrons. The fraction of sp³-hybridized carbons (Fsp3) is 0.294. The number of aryl methyl sites for hydroxylation is 1. The van der Waals surface area contributed by atoms with Crippen LogP contribution in [-0.2, 0) is 34.0 Å². The molecule has 1 amide bonds. The van der Waals surface area contributed by atoms with Crippen molar-refractivity contribution in [2.24, 2.45) is 0 Å². The molecule has 2 heterocycles. The summed E-state index contributed by atoms with van der Waals surface area (Å²) in [4.78, 5) is 16.4. The maximum Gasteiger partial charge on any atom is 0.224 e. The predicted molar refractivity (Wildman–Crippen MR) is 86.6 cm³/mol. The van der Waals surface area contributed by atoms with Crippen molar-refractivity contribution in [2.75, 3.05) is 5.75 Å². The van der Waals surface area contributed by atoms with Gasteiger partial charge in [-0.2, -0.15) is 0 Å². The second kappa shape index (κ2) is 6.50. The highest BCUT2D eigenvalue weighted by atomic mass is 32.2. The Balaban J connectivity index is 1.65. The number of benzene rings is 1. The van der Waals surface area contributed by atoms with Crippen molar-refractivity contribution >= 4 is 15.7 Å². The van der Waals surface area contributed by atoms with Gasteiger partial charge in [-0.3, -0.25) is 9.78 Å². The summed E-state index contributed by atoms with van der Waals surface area (Å²) in [5.74, 6) is 0.131. The fourth-order valence-electron chi connectivity index (χ4n) is 2.75. The number of hydrogen-bond acceptors (Lipinski definition) is 4. The van der Waals surface area contributed by atoms with Gasteiger partial charge in [0.25, 0.3) is 0 Å². The molecule has 0 atom stereocenters. The van der Waals surface area contributed by atoms with Crippen LogP contribution in [0.3, 0.4) is 0 Å². The Kier molecular flexibility index (Phi) is 4.43. The average Bonchev–Trinajstić information content (AvgIpc) is 2.53. The topological polar surface area (TPSA) is 76.1 Å². The minimum absolute atomic E-state index is 0.0829. The van der Waals surface area contributed by atoms with Crippen LogP contribution in [0, 0.1) is 0 Å². The second-order valence-corrected chi connectivity index (χ2v) is 7.75. The Labute approximate surface area is 135 Å². The number of nitrogens with zero attached hydrogens (tertiary/aromatic N) is 1. The quantitative estimate of drug-likeness (QED) is 0.925. The highest BCUT2D eigenvalue weighted by molar-refractivity contribution is 7.91. The normalized spacial score (nSPS) is 15.7. The Morgan fingerprint density at radius 3 is 2.70 bits per heavy atom. The number of carbonyl (C=O) groups is 1. The maximum absolute atomic E-state index is 12.0. The van der Waals surface area contributed by atoms with Crippen LogP contribution >= 0.6 is 0 Å². The van der Waals surface area contributed by atoms with Crippen molar-refractivity contribution in [3.63, 3.8) is 0 Å². The number of fused-ring (bicyclic) bond motifs is 1. The summed E-state index contributed by atoms with van der Waals surface area (Å²) in [5.41, 5.74) is 2.66. The molecule has 3 rings (SSSR count). The lowest BCUT2D eigenvalue weighted by Gasteiger charge is -2.17. The van der Waals surface area contributed by atoms with Crippen molar-refractivity contribution < 1.29 is 13.2 Å². The molecule has 1 aliphatic heterocycles.